The van der Waals surface area contributed by atoms with Crippen LogP contribution in [0.1, 0.15) is 10.4 Å². The predicted molar refractivity (Wildman–Crippen MR) is 97.5 cm³/mol. The molecule has 2 atom stereocenters. The van der Waals surface area contributed by atoms with Gasteiger partial charge in [0.25, 0.3) is 0 Å². The number of methoxy groups -OCH3 is 1. The molecule has 0 fully saturated rings. The third kappa shape index (κ3) is 4.24. The van der Waals surface area contributed by atoms with Gasteiger partial charge < -0.3 is 10.1 Å². The molecular weight excluding hydrogens is 433 g/mol. The highest BCUT2D eigenvalue weighted by atomic mass is 79.9. The number of ether oxygens (including phenoxy) is 1. The highest BCUT2D eigenvalue weighted by Gasteiger charge is 2.25. The first kappa shape index (κ1) is 17.3. The van der Waals surface area contributed by atoms with Crippen LogP contribution in [0.4, 0.5) is 5.69 Å². The number of rotatable bonds is 5. The van der Waals surface area contributed by atoms with Gasteiger partial charge in [0.05, 0.1) is 22.6 Å². The molecular formula is C16H14Br2ClNO2. The fraction of sp³-hybridized carbons (Fsp3) is 0.188. The van der Waals surface area contributed by atoms with Crippen LogP contribution in [-0.4, -0.2) is 17.8 Å². The van der Waals surface area contributed by atoms with E-state index in [1.165, 1.54) is 0 Å². The summed E-state index contributed by atoms with van der Waals surface area (Å²) in [6.45, 7) is 0. The standard InChI is InChI=1S/C16H14Br2ClNO2/c1-22-11-7-8-13(12(19)9-11)20-16(21)15(18)14(17)10-5-3-2-4-6-10/h2-9,14-15H,1H3,(H,20,21)/t14-,15+/m0/s1. The highest BCUT2D eigenvalue weighted by Crippen LogP contribution is 2.33. The van der Waals surface area contributed by atoms with Crippen LogP contribution in [0.25, 0.3) is 0 Å². The van der Waals surface area contributed by atoms with Crippen molar-refractivity contribution in [2.24, 2.45) is 0 Å². The summed E-state index contributed by atoms with van der Waals surface area (Å²) in [6, 6.07) is 14.8. The van der Waals surface area contributed by atoms with Crippen molar-refractivity contribution in [3.8, 4) is 5.75 Å². The molecule has 0 spiro atoms. The monoisotopic (exact) mass is 445 g/mol. The maximum Gasteiger partial charge on any atom is 0.239 e. The first-order valence-electron chi connectivity index (χ1n) is 6.50. The molecule has 2 aromatic rings. The Morgan fingerprint density at radius 3 is 2.45 bits per heavy atom. The van der Waals surface area contributed by atoms with Gasteiger partial charge in [-0.1, -0.05) is 73.8 Å². The van der Waals surface area contributed by atoms with Crippen LogP contribution in [0.15, 0.2) is 48.5 Å². The zero-order valence-electron chi connectivity index (χ0n) is 11.7. The van der Waals surface area contributed by atoms with Crippen LogP contribution < -0.4 is 10.1 Å². The molecule has 22 heavy (non-hydrogen) atoms. The molecule has 2 rings (SSSR count). The lowest BCUT2D eigenvalue weighted by Crippen LogP contribution is -2.26. The molecule has 116 valence electrons. The van der Waals surface area contributed by atoms with Gasteiger partial charge in [0.1, 0.15) is 10.6 Å². The minimum absolute atomic E-state index is 0.147. The van der Waals surface area contributed by atoms with Gasteiger partial charge in [-0.2, -0.15) is 0 Å². The van der Waals surface area contributed by atoms with Crippen molar-refractivity contribution in [1.29, 1.82) is 0 Å². The number of amides is 1. The van der Waals surface area contributed by atoms with Crippen molar-refractivity contribution in [2.45, 2.75) is 9.65 Å². The predicted octanol–water partition coefficient (Wildman–Crippen LogP) is 5.19. The Morgan fingerprint density at radius 2 is 1.86 bits per heavy atom. The summed E-state index contributed by atoms with van der Waals surface area (Å²) in [5.41, 5.74) is 1.56. The molecule has 0 aliphatic rings. The Balaban J connectivity index is 2.08. The molecule has 0 heterocycles. The third-order valence-electron chi connectivity index (χ3n) is 3.06. The van der Waals surface area contributed by atoms with Crippen molar-refractivity contribution < 1.29 is 9.53 Å². The summed E-state index contributed by atoms with van der Waals surface area (Å²) in [5, 5.41) is 3.24. The number of benzene rings is 2. The summed E-state index contributed by atoms with van der Waals surface area (Å²) < 4.78 is 5.08. The van der Waals surface area contributed by atoms with Gasteiger partial charge in [-0.25, -0.2) is 0 Å². The lowest BCUT2D eigenvalue weighted by molar-refractivity contribution is -0.115. The van der Waals surface area contributed by atoms with Gasteiger partial charge >= 0.3 is 0 Å². The molecule has 0 saturated carbocycles. The second-order valence-corrected chi connectivity index (χ2v) is 6.93. The van der Waals surface area contributed by atoms with Crippen molar-refractivity contribution in [3.05, 3.63) is 59.1 Å². The van der Waals surface area contributed by atoms with E-state index in [-0.39, 0.29) is 10.7 Å². The van der Waals surface area contributed by atoms with Crippen LogP contribution in [0, 0.1) is 0 Å². The Labute approximate surface area is 151 Å². The van der Waals surface area contributed by atoms with Gasteiger partial charge in [-0.15, -0.1) is 0 Å². The van der Waals surface area contributed by atoms with Crippen LogP contribution in [0.2, 0.25) is 5.02 Å². The van der Waals surface area contributed by atoms with Crippen molar-refractivity contribution >= 4 is 55.1 Å². The minimum atomic E-state index is -0.437. The molecule has 0 aliphatic heterocycles. The van der Waals surface area contributed by atoms with Gasteiger partial charge in [-0.05, 0) is 17.7 Å². The topological polar surface area (TPSA) is 38.3 Å². The van der Waals surface area contributed by atoms with Crippen LogP contribution in [0.5, 0.6) is 5.75 Å². The highest BCUT2D eigenvalue weighted by molar-refractivity contribution is 9.12. The molecule has 2 aromatic carbocycles. The molecule has 0 bridgehead atoms. The second-order valence-electron chi connectivity index (χ2n) is 4.55. The maximum atomic E-state index is 12.4. The number of hydrogen-bond acceptors (Lipinski definition) is 2. The molecule has 0 aliphatic carbocycles. The molecule has 6 heteroatoms. The average Bonchev–Trinajstić information content (AvgIpc) is 2.56. The number of alkyl halides is 2. The Bertz CT molecular complexity index is 652. The molecule has 0 aromatic heterocycles. The second kappa shape index (κ2) is 7.99. The number of nitrogens with one attached hydrogen (secondary N) is 1. The van der Waals surface area contributed by atoms with E-state index in [1.54, 1.807) is 25.3 Å². The first-order chi connectivity index (χ1) is 10.5. The molecule has 0 saturated heterocycles. The quantitative estimate of drug-likeness (QED) is 0.641. The number of hydrogen-bond donors (Lipinski definition) is 1. The summed E-state index contributed by atoms with van der Waals surface area (Å²) in [6.07, 6.45) is 0. The molecule has 1 N–H and O–H groups in total. The smallest absolute Gasteiger partial charge is 0.239 e. The van der Waals surface area contributed by atoms with Crippen molar-refractivity contribution in [1.82, 2.24) is 0 Å². The third-order valence-corrected chi connectivity index (χ3v) is 6.08. The largest absolute Gasteiger partial charge is 0.497 e. The van der Waals surface area contributed by atoms with Crippen LogP contribution >= 0.6 is 43.5 Å². The van der Waals surface area contributed by atoms with Gasteiger partial charge in [-0.3, -0.25) is 4.79 Å². The van der Waals surface area contributed by atoms with E-state index < -0.39 is 4.83 Å². The fourth-order valence-electron chi connectivity index (χ4n) is 1.86. The number of carbonyl (C=O) groups is 1. The van der Waals surface area contributed by atoms with Crippen molar-refractivity contribution in [2.75, 3.05) is 12.4 Å². The van der Waals surface area contributed by atoms with E-state index in [4.69, 9.17) is 16.3 Å². The zero-order chi connectivity index (χ0) is 16.1. The number of halogens is 3. The molecule has 0 unspecified atom stereocenters. The fourth-order valence-corrected chi connectivity index (χ4v) is 3.05. The van der Waals surface area contributed by atoms with E-state index in [0.29, 0.717) is 16.5 Å². The molecule has 1 amide bonds. The average molecular weight is 448 g/mol. The number of carbonyl (C=O) groups excluding carboxylic acids is 1. The van der Waals surface area contributed by atoms with E-state index in [1.807, 2.05) is 30.3 Å². The Hall–Kier alpha value is -1.04. The van der Waals surface area contributed by atoms with Crippen LogP contribution in [0.3, 0.4) is 0 Å². The van der Waals surface area contributed by atoms with E-state index in [9.17, 15) is 4.79 Å². The SMILES string of the molecule is COc1ccc(NC(=O)[C@H](Br)[C@@H](Br)c2ccccc2)c(Cl)c1. The van der Waals surface area contributed by atoms with Crippen molar-refractivity contribution in [3.63, 3.8) is 0 Å². The summed E-state index contributed by atoms with van der Waals surface area (Å²) in [4.78, 5) is 11.8. The minimum Gasteiger partial charge on any atom is -0.497 e. The van der Waals surface area contributed by atoms with Crippen LogP contribution in [-0.2, 0) is 4.79 Å². The summed E-state index contributed by atoms with van der Waals surface area (Å²) in [5.74, 6) is 0.457. The Morgan fingerprint density at radius 1 is 1.18 bits per heavy atom. The van der Waals surface area contributed by atoms with E-state index in [2.05, 4.69) is 37.2 Å². The van der Waals surface area contributed by atoms with Gasteiger partial charge in [0, 0.05) is 6.07 Å². The molecule has 3 nitrogen and oxygen atoms in total. The van der Waals surface area contributed by atoms with E-state index >= 15 is 0 Å². The maximum absolute atomic E-state index is 12.4. The lowest BCUT2D eigenvalue weighted by atomic mass is 10.1. The normalized spacial score (nSPS) is 13.3. The first-order valence-corrected chi connectivity index (χ1v) is 8.71. The lowest BCUT2D eigenvalue weighted by Gasteiger charge is -2.17. The summed E-state index contributed by atoms with van der Waals surface area (Å²) in [7, 11) is 1.56. The molecule has 0 radical (unpaired) electrons. The van der Waals surface area contributed by atoms with Gasteiger partial charge in [0.2, 0.25) is 5.91 Å². The van der Waals surface area contributed by atoms with E-state index in [0.717, 1.165) is 5.56 Å². The van der Waals surface area contributed by atoms with Gasteiger partial charge in [0.15, 0.2) is 0 Å². The number of anilines is 1. The zero-order valence-corrected chi connectivity index (χ0v) is 15.7. The summed E-state index contributed by atoms with van der Waals surface area (Å²) >= 11 is 13.1. The Kier molecular flexibility index (Phi) is 6.29.